The van der Waals surface area contributed by atoms with Crippen molar-refractivity contribution in [1.82, 2.24) is 5.32 Å². The largest absolute Gasteiger partial charge is 0.506 e. The molecule has 3 N–H and O–H groups in total. The van der Waals surface area contributed by atoms with Crippen LogP contribution in [0.2, 0.25) is 0 Å². The van der Waals surface area contributed by atoms with E-state index in [9.17, 15) is 9.59 Å². The van der Waals surface area contributed by atoms with Gasteiger partial charge in [0.15, 0.2) is 0 Å². The van der Waals surface area contributed by atoms with Gasteiger partial charge >= 0.3 is 12.3 Å². The number of nitrogens with one attached hydrogen (secondary N) is 1. The normalized spacial score (nSPS) is 16.1. The summed E-state index contributed by atoms with van der Waals surface area (Å²) >= 11 is 0. The zero-order valence-electron chi connectivity index (χ0n) is 9.55. The van der Waals surface area contributed by atoms with Crippen LogP contribution in [0.3, 0.4) is 0 Å². The molecule has 0 saturated carbocycles. The van der Waals surface area contributed by atoms with Crippen LogP contribution in [0.5, 0.6) is 0 Å². The van der Waals surface area contributed by atoms with Crippen molar-refractivity contribution in [3.05, 3.63) is 0 Å². The highest BCUT2D eigenvalue weighted by Crippen LogP contribution is 1.92. The first-order valence-corrected chi connectivity index (χ1v) is 5.06. The molecule has 1 aliphatic heterocycles. The second-order valence-corrected chi connectivity index (χ2v) is 3.13. The molecule has 8 heteroatoms. The lowest BCUT2D eigenvalue weighted by Crippen LogP contribution is -2.30. The van der Waals surface area contributed by atoms with Gasteiger partial charge in [0.1, 0.15) is 12.7 Å². The maximum absolute atomic E-state index is 9.83. The van der Waals surface area contributed by atoms with Crippen molar-refractivity contribution in [3.63, 3.8) is 0 Å². The summed E-state index contributed by atoms with van der Waals surface area (Å²) in [6.07, 6.45) is -3.68. The van der Waals surface area contributed by atoms with Crippen LogP contribution in [-0.4, -0.2) is 61.5 Å². The van der Waals surface area contributed by atoms with Gasteiger partial charge in [0.05, 0.1) is 13.2 Å². The second-order valence-electron chi connectivity index (χ2n) is 3.13. The molecule has 0 bridgehead atoms. The number of morpholine rings is 1. The Kier molecular flexibility index (Phi) is 8.79. The fourth-order valence-corrected chi connectivity index (χ4v) is 0.911. The van der Waals surface area contributed by atoms with E-state index in [0.717, 1.165) is 26.3 Å². The summed E-state index contributed by atoms with van der Waals surface area (Å²) in [7, 11) is 0. The molecule has 17 heavy (non-hydrogen) atoms. The Bertz CT molecular complexity index is 218. The molecule has 8 nitrogen and oxygen atoms in total. The Morgan fingerprint density at radius 3 is 2.18 bits per heavy atom. The third-order valence-corrected chi connectivity index (χ3v) is 1.59. The van der Waals surface area contributed by atoms with E-state index in [2.05, 4.69) is 14.8 Å². The lowest BCUT2D eigenvalue weighted by molar-refractivity contribution is 0.0122. The van der Waals surface area contributed by atoms with Gasteiger partial charge in [-0.25, -0.2) is 9.59 Å². The zero-order valence-corrected chi connectivity index (χ0v) is 9.55. The second kappa shape index (κ2) is 9.67. The van der Waals surface area contributed by atoms with E-state index in [1.807, 2.05) is 0 Å². The maximum Gasteiger partial charge on any atom is 0.506 e. The molecule has 1 fully saturated rings. The molecule has 1 heterocycles. The van der Waals surface area contributed by atoms with Gasteiger partial charge in [-0.3, -0.25) is 0 Å². The number of hydrogen-bond acceptors (Lipinski definition) is 6. The van der Waals surface area contributed by atoms with Crippen LogP contribution in [0.1, 0.15) is 6.92 Å². The average molecular weight is 251 g/mol. The van der Waals surface area contributed by atoms with E-state index in [1.165, 1.54) is 6.92 Å². The summed E-state index contributed by atoms with van der Waals surface area (Å²) in [6, 6.07) is 0. The molecular formula is C9H17NO7. The van der Waals surface area contributed by atoms with Gasteiger partial charge in [-0.2, -0.15) is 0 Å². The predicted octanol–water partition coefficient (Wildman–Crippen LogP) is 0.370. The standard InChI is InChI=1S/C5H8O6.C4H9NO/c1-3(11-5(8)9)2-10-4(6)7;1-3-6-4-2-5-1/h3H,2H2,1H3,(H,6,7)(H,8,9);5H,1-4H2. The van der Waals surface area contributed by atoms with Crippen molar-refractivity contribution in [3.8, 4) is 0 Å². The van der Waals surface area contributed by atoms with Crippen LogP contribution in [0, 0.1) is 0 Å². The first-order chi connectivity index (χ1) is 8.02. The van der Waals surface area contributed by atoms with Gasteiger partial charge in [0, 0.05) is 13.1 Å². The molecule has 1 atom stereocenters. The summed E-state index contributed by atoms with van der Waals surface area (Å²) in [5.41, 5.74) is 0. The van der Waals surface area contributed by atoms with Crippen molar-refractivity contribution < 1.29 is 34.0 Å². The fraction of sp³-hybridized carbons (Fsp3) is 0.778. The molecule has 0 amide bonds. The Morgan fingerprint density at radius 1 is 1.29 bits per heavy atom. The van der Waals surface area contributed by atoms with Gasteiger partial charge in [-0.05, 0) is 6.92 Å². The van der Waals surface area contributed by atoms with E-state index in [0.29, 0.717) is 0 Å². The summed E-state index contributed by atoms with van der Waals surface area (Å²) in [5, 5.41) is 19.2. The SMILES string of the molecule is C1COCCN1.CC(COC(=O)O)OC(=O)O. The van der Waals surface area contributed by atoms with E-state index in [-0.39, 0.29) is 6.61 Å². The lowest BCUT2D eigenvalue weighted by Gasteiger charge is -2.10. The molecule has 0 aromatic heterocycles. The summed E-state index contributed by atoms with van der Waals surface area (Å²) < 4.78 is 13.2. The summed E-state index contributed by atoms with van der Waals surface area (Å²) in [5.74, 6) is 0. The minimum absolute atomic E-state index is 0.290. The maximum atomic E-state index is 9.83. The minimum atomic E-state index is -1.45. The van der Waals surface area contributed by atoms with Gasteiger partial charge in [0.2, 0.25) is 0 Å². The van der Waals surface area contributed by atoms with Crippen LogP contribution >= 0.6 is 0 Å². The monoisotopic (exact) mass is 251 g/mol. The van der Waals surface area contributed by atoms with Crippen molar-refractivity contribution in [2.75, 3.05) is 32.9 Å². The van der Waals surface area contributed by atoms with E-state index in [1.54, 1.807) is 0 Å². The van der Waals surface area contributed by atoms with E-state index >= 15 is 0 Å². The molecule has 1 aliphatic rings. The number of carboxylic acid groups (broad SMARTS) is 2. The highest BCUT2D eigenvalue weighted by molar-refractivity contribution is 5.58. The van der Waals surface area contributed by atoms with Crippen molar-refractivity contribution in [1.29, 1.82) is 0 Å². The number of carbonyl (C=O) groups is 2. The average Bonchev–Trinajstić information content (AvgIpc) is 2.29. The molecular weight excluding hydrogens is 234 g/mol. The topological polar surface area (TPSA) is 114 Å². The fourth-order valence-electron chi connectivity index (χ4n) is 0.911. The Morgan fingerprint density at radius 2 is 1.88 bits per heavy atom. The molecule has 0 aromatic rings. The summed E-state index contributed by atoms with van der Waals surface area (Å²) in [4.78, 5) is 19.6. The highest BCUT2D eigenvalue weighted by Gasteiger charge is 2.09. The molecule has 1 saturated heterocycles. The van der Waals surface area contributed by atoms with Crippen LogP contribution in [0.25, 0.3) is 0 Å². The summed E-state index contributed by atoms with van der Waals surface area (Å²) in [6.45, 7) is 4.93. The molecule has 1 unspecified atom stereocenters. The molecule has 0 spiro atoms. The lowest BCUT2D eigenvalue weighted by atomic mass is 10.4. The van der Waals surface area contributed by atoms with Gasteiger partial charge < -0.3 is 29.7 Å². The van der Waals surface area contributed by atoms with Crippen LogP contribution in [-0.2, 0) is 14.2 Å². The number of rotatable bonds is 3. The van der Waals surface area contributed by atoms with E-state index < -0.39 is 18.4 Å². The van der Waals surface area contributed by atoms with Crippen molar-refractivity contribution in [2.45, 2.75) is 13.0 Å². The Balaban J connectivity index is 0.000000354. The quantitative estimate of drug-likeness (QED) is 0.616. The van der Waals surface area contributed by atoms with Gasteiger partial charge in [0.25, 0.3) is 0 Å². The van der Waals surface area contributed by atoms with Crippen LogP contribution in [0.4, 0.5) is 9.59 Å². The Hall–Kier alpha value is -1.54. The van der Waals surface area contributed by atoms with Crippen molar-refractivity contribution in [2.24, 2.45) is 0 Å². The number of ether oxygens (including phenoxy) is 3. The van der Waals surface area contributed by atoms with Crippen LogP contribution < -0.4 is 5.32 Å². The Labute approximate surface area is 98.5 Å². The van der Waals surface area contributed by atoms with E-state index in [4.69, 9.17) is 14.9 Å². The molecule has 0 aromatic carbocycles. The smallest absolute Gasteiger partial charge is 0.450 e. The minimum Gasteiger partial charge on any atom is -0.450 e. The predicted molar refractivity (Wildman–Crippen MR) is 56.2 cm³/mol. The third-order valence-electron chi connectivity index (χ3n) is 1.59. The van der Waals surface area contributed by atoms with Crippen LogP contribution in [0.15, 0.2) is 0 Å². The molecule has 1 rings (SSSR count). The van der Waals surface area contributed by atoms with Gasteiger partial charge in [-0.15, -0.1) is 0 Å². The zero-order chi connectivity index (χ0) is 13.1. The van der Waals surface area contributed by atoms with Gasteiger partial charge in [-0.1, -0.05) is 0 Å². The molecule has 0 aliphatic carbocycles. The first kappa shape index (κ1) is 15.5. The number of hydrogen-bond donors (Lipinski definition) is 3. The highest BCUT2D eigenvalue weighted by atomic mass is 16.7. The third kappa shape index (κ3) is 12.4. The first-order valence-electron chi connectivity index (χ1n) is 5.06. The molecule has 100 valence electrons. The molecule has 0 radical (unpaired) electrons. The van der Waals surface area contributed by atoms with Crippen molar-refractivity contribution >= 4 is 12.3 Å².